The topological polar surface area (TPSA) is 44.1 Å². The van der Waals surface area contributed by atoms with Crippen molar-refractivity contribution >= 4 is 12.0 Å². The van der Waals surface area contributed by atoms with E-state index in [2.05, 4.69) is 40.7 Å². The van der Waals surface area contributed by atoms with E-state index < -0.39 is 0 Å². The van der Waals surface area contributed by atoms with Gasteiger partial charge in [-0.1, -0.05) is 42.8 Å². The average molecular weight is 310 g/mol. The first-order chi connectivity index (χ1) is 11.1. The van der Waals surface area contributed by atoms with Crippen molar-refractivity contribution in [3.8, 4) is 0 Å². The number of rotatable bonds is 4. The molecule has 0 saturated carbocycles. The SMILES string of the molecule is COC(=O)C/C(C)=C/c1cnc2n1C(c1ccccc1)C(C)C2. The summed E-state index contributed by atoms with van der Waals surface area (Å²) in [5, 5.41) is 0. The molecule has 0 N–H and O–H groups in total. The lowest BCUT2D eigenvalue weighted by Gasteiger charge is -2.20. The predicted octanol–water partition coefficient (Wildman–Crippen LogP) is 3.63. The Hall–Kier alpha value is -2.36. The Bertz CT molecular complexity index is 731. The lowest BCUT2D eigenvalue weighted by Crippen LogP contribution is -2.13. The van der Waals surface area contributed by atoms with Crippen molar-refractivity contribution in [2.75, 3.05) is 7.11 Å². The quantitative estimate of drug-likeness (QED) is 0.810. The Kier molecular flexibility index (Phi) is 4.33. The molecule has 2 heterocycles. The summed E-state index contributed by atoms with van der Waals surface area (Å²) in [6.45, 7) is 4.22. The van der Waals surface area contributed by atoms with Crippen LogP contribution in [0.4, 0.5) is 0 Å². The maximum atomic E-state index is 11.4. The Morgan fingerprint density at radius 2 is 2.13 bits per heavy atom. The van der Waals surface area contributed by atoms with Crippen molar-refractivity contribution in [3.63, 3.8) is 0 Å². The summed E-state index contributed by atoms with van der Waals surface area (Å²) in [6.07, 6.45) is 5.23. The third-order valence-electron chi connectivity index (χ3n) is 4.41. The van der Waals surface area contributed by atoms with Crippen molar-refractivity contribution < 1.29 is 9.53 Å². The molecule has 2 unspecified atom stereocenters. The Morgan fingerprint density at radius 3 is 2.83 bits per heavy atom. The van der Waals surface area contributed by atoms with Gasteiger partial charge in [-0.2, -0.15) is 0 Å². The van der Waals surface area contributed by atoms with Crippen LogP contribution in [0.25, 0.3) is 6.08 Å². The highest BCUT2D eigenvalue weighted by molar-refractivity contribution is 5.74. The summed E-state index contributed by atoms with van der Waals surface area (Å²) in [5.41, 5.74) is 3.34. The van der Waals surface area contributed by atoms with Crippen LogP contribution in [-0.4, -0.2) is 22.6 Å². The summed E-state index contributed by atoms with van der Waals surface area (Å²) in [6, 6.07) is 10.8. The molecule has 0 amide bonds. The van der Waals surface area contributed by atoms with Gasteiger partial charge < -0.3 is 9.30 Å². The molecule has 0 fully saturated rings. The minimum atomic E-state index is -0.215. The zero-order valence-corrected chi connectivity index (χ0v) is 13.8. The number of methoxy groups -OCH3 is 1. The maximum Gasteiger partial charge on any atom is 0.309 e. The van der Waals surface area contributed by atoms with Crippen LogP contribution in [0.2, 0.25) is 0 Å². The molecule has 0 radical (unpaired) electrons. The second-order valence-corrected chi connectivity index (χ2v) is 6.25. The van der Waals surface area contributed by atoms with Crippen molar-refractivity contribution in [1.82, 2.24) is 9.55 Å². The van der Waals surface area contributed by atoms with Gasteiger partial charge >= 0.3 is 5.97 Å². The number of aromatic nitrogens is 2. The average Bonchev–Trinajstić information content (AvgIpc) is 3.06. The van der Waals surface area contributed by atoms with Crippen LogP contribution in [0.15, 0.2) is 42.1 Å². The van der Waals surface area contributed by atoms with E-state index in [0.29, 0.717) is 18.4 Å². The molecule has 1 aliphatic heterocycles. The zero-order valence-electron chi connectivity index (χ0n) is 13.8. The van der Waals surface area contributed by atoms with Crippen LogP contribution in [-0.2, 0) is 16.0 Å². The molecule has 2 aromatic rings. The number of fused-ring (bicyclic) bond motifs is 1. The summed E-state index contributed by atoms with van der Waals surface area (Å²) >= 11 is 0. The molecule has 0 saturated heterocycles. The van der Waals surface area contributed by atoms with Gasteiger partial charge in [0.2, 0.25) is 0 Å². The number of esters is 1. The van der Waals surface area contributed by atoms with Gasteiger partial charge in [0.25, 0.3) is 0 Å². The van der Waals surface area contributed by atoms with E-state index in [4.69, 9.17) is 4.74 Å². The standard InChI is InChI=1S/C19H22N2O2/c1-13(10-18(22)23-3)9-16-12-20-17-11-14(2)19(21(16)17)15-7-5-4-6-8-15/h4-9,12,14,19H,10-11H2,1-3H3/b13-9+. The van der Waals surface area contributed by atoms with Crippen LogP contribution in [0, 0.1) is 5.92 Å². The minimum absolute atomic E-state index is 0.215. The van der Waals surface area contributed by atoms with Crippen LogP contribution >= 0.6 is 0 Å². The summed E-state index contributed by atoms with van der Waals surface area (Å²) < 4.78 is 7.04. The van der Waals surface area contributed by atoms with Crippen LogP contribution < -0.4 is 0 Å². The maximum absolute atomic E-state index is 11.4. The van der Waals surface area contributed by atoms with Crippen LogP contribution in [0.3, 0.4) is 0 Å². The zero-order chi connectivity index (χ0) is 16.4. The fraction of sp³-hybridized carbons (Fsp3) is 0.368. The number of benzene rings is 1. The smallest absolute Gasteiger partial charge is 0.309 e. The summed E-state index contributed by atoms with van der Waals surface area (Å²) in [4.78, 5) is 16.0. The third kappa shape index (κ3) is 3.07. The number of hydrogen-bond donors (Lipinski definition) is 0. The Morgan fingerprint density at radius 1 is 1.39 bits per heavy atom. The van der Waals surface area contributed by atoms with E-state index in [1.54, 1.807) is 0 Å². The highest BCUT2D eigenvalue weighted by Crippen LogP contribution is 2.37. The molecule has 1 aliphatic rings. The molecule has 0 bridgehead atoms. The highest BCUT2D eigenvalue weighted by atomic mass is 16.5. The Balaban J connectivity index is 1.95. The van der Waals surface area contributed by atoms with Gasteiger partial charge in [-0.05, 0) is 24.5 Å². The van der Waals surface area contributed by atoms with Gasteiger partial charge in [0.15, 0.2) is 0 Å². The fourth-order valence-corrected chi connectivity index (χ4v) is 3.38. The van der Waals surface area contributed by atoms with E-state index in [9.17, 15) is 4.79 Å². The molecule has 0 aliphatic carbocycles. The Labute approximate surface area is 136 Å². The first kappa shape index (κ1) is 15.5. The van der Waals surface area contributed by atoms with Crippen LogP contribution in [0.1, 0.15) is 43.4 Å². The minimum Gasteiger partial charge on any atom is -0.469 e. The second kappa shape index (κ2) is 6.41. The van der Waals surface area contributed by atoms with Gasteiger partial charge in [-0.3, -0.25) is 4.79 Å². The molecule has 1 aromatic heterocycles. The van der Waals surface area contributed by atoms with E-state index in [-0.39, 0.29) is 5.97 Å². The molecule has 0 spiro atoms. The molecule has 120 valence electrons. The van der Waals surface area contributed by atoms with E-state index in [0.717, 1.165) is 23.5 Å². The number of hydrogen-bond acceptors (Lipinski definition) is 3. The van der Waals surface area contributed by atoms with Gasteiger partial charge in [0.1, 0.15) is 5.82 Å². The van der Waals surface area contributed by atoms with Crippen molar-refractivity contribution in [3.05, 3.63) is 59.2 Å². The second-order valence-electron chi connectivity index (χ2n) is 6.25. The highest BCUT2D eigenvalue weighted by Gasteiger charge is 2.32. The van der Waals surface area contributed by atoms with E-state index >= 15 is 0 Å². The normalized spacial score (nSPS) is 20.4. The van der Waals surface area contributed by atoms with Crippen molar-refractivity contribution in [2.24, 2.45) is 5.92 Å². The lowest BCUT2D eigenvalue weighted by atomic mass is 9.95. The molecule has 4 nitrogen and oxygen atoms in total. The molecular formula is C19H22N2O2. The molecule has 23 heavy (non-hydrogen) atoms. The number of nitrogens with zero attached hydrogens (tertiary/aromatic N) is 2. The predicted molar refractivity (Wildman–Crippen MR) is 90.0 cm³/mol. The molecule has 3 rings (SSSR count). The fourth-order valence-electron chi connectivity index (χ4n) is 3.38. The molecule has 1 aromatic carbocycles. The monoisotopic (exact) mass is 310 g/mol. The van der Waals surface area contributed by atoms with Gasteiger partial charge in [0, 0.05) is 6.42 Å². The van der Waals surface area contributed by atoms with Gasteiger partial charge in [-0.15, -0.1) is 0 Å². The van der Waals surface area contributed by atoms with E-state index in [1.807, 2.05) is 25.3 Å². The first-order valence-electron chi connectivity index (χ1n) is 7.95. The number of ether oxygens (including phenoxy) is 1. The third-order valence-corrected chi connectivity index (χ3v) is 4.41. The number of carbonyl (C=O) groups excluding carboxylic acids is 1. The van der Waals surface area contributed by atoms with E-state index in [1.165, 1.54) is 12.7 Å². The first-order valence-corrected chi connectivity index (χ1v) is 7.95. The van der Waals surface area contributed by atoms with Gasteiger partial charge in [-0.25, -0.2) is 4.98 Å². The number of imidazole rings is 1. The van der Waals surface area contributed by atoms with Gasteiger partial charge in [0.05, 0.1) is 31.5 Å². The molecule has 2 atom stereocenters. The summed E-state index contributed by atoms with van der Waals surface area (Å²) in [7, 11) is 1.42. The summed E-state index contributed by atoms with van der Waals surface area (Å²) in [5.74, 6) is 1.41. The molecule has 4 heteroatoms. The largest absolute Gasteiger partial charge is 0.469 e. The molecular weight excluding hydrogens is 288 g/mol. The van der Waals surface area contributed by atoms with Crippen molar-refractivity contribution in [2.45, 2.75) is 32.7 Å². The van der Waals surface area contributed by atoms with Crippen molar-refractivity contribution in [1.29, 1.82) is 0 Å². The lowest BCUT2D eigenvalue weighted by molar-refractivity contribution is -0.139. The van der Waals surface area contributed by atoms with Crippen LogP contribution in [0.5, 0.6) is 0 Å². The number of carbonyl (C=O) groups is 1.